The predicted octanol–water partition coefficient (Wildman–Crippen LogP) is 2.83. The maximum Gasteiger partial charge on any atom is 0.157 e. The molecule has 3 heterocycles. The van der Waals surface area contributed by atoms with E-state index in [0.29, 0.717) is 22.2 Å². The first kappa shape index (κ1) is 9.30. The molecule has 0 aliphatic rings. The first-order valence-corrected chi connectivity index (χ1v) is 5.10. The number of imidazole rings is 1. The molecule has 0 unspecified atom stereocenters. The summed E-state index contributed by atoms with van der Waals surface area (Å²) in [6.07, 6.45) is 5.01. The average Bonchev–Trinajstić information content (AvgIpc) is 2.88. The number of fused-ring (bicyclic) bond motifs is 1. The Labute approximate surface area is 96.3 Å². The van der Waals surface area contributed by atoms with Gasteiger partial charge in [-0.1, -0.05) is 11.6 Å². The van der Waals surface area contributed by atoms with E-state index in [1.165, 1.54) is 0 Å². The lowest BCUT2D eigenvalue weighted by Gasteiger charge is -1.96. The van der Waals surface area contributed by atoms with Gasteiger partial charge in [0.05, 0.1) is 17.5 Å². The molecular weight excluding hydrogens is 226 g/mol. The summed E-state index contributed by atoms with van der Waals surface area (Å²) >= 11 is 6.04. The Morgan fingerprint density at radius 3 is 2.94 bits per heavy atom. The van der Waals surface area contributed by atoms with Crippen LogP contribution in [0.25, 0.3) is 16.9 Å². The van der Waals surface area contributed by atoms with Crippen LogP contribution in [0.3, 0.4) is 0 Å². The van der Waals surface area contributed by atoms with E-state index in [0.717, 1.165) is 5.56 Å². The number of nitrogen functional groups attached to an aromatic ring is 1. The van der Waals surface area contributed by atoms with Crippen molar-refractivity contribution in [3.63, 3.8) is 0 Å². The third kappa shape index (κ3) is 1.20. The Morgan fingerprint density at radius 2 is 2.25 bits per heavy atom. The second kappa shape index (κ2) is 3.28. The molecule has 3 aromatic heterocycles. The molecule has 0 saturated carbocycles. The summed E-state index contributed by atoms with van der Waals surface area (Å²) in [5.74, 6) is 0.555. The van der Waals surface area contributed by atoms with Crippen molar-refractivity contribution in [2.75, 3.05) is 5.73 Å². The molecule has 16 heavy (non-hydrogen) atoms. The molecule has 3 rings (SSSR count). The van der Waals surface area contributed by atoms with Gasteiger partial charge in [0.2, 0.25) is 0 Å². The van der Waals surface area contributed by atoms with Crippen LogP contribution in [-0.2, 0) is 0 Å². The number of pyridine rings is 1. The van der Waals surface area contributed by atoms with Gasteiger partial charge in [0.15, 0.2) is 5.65 Å². The van der Waals surface area contributed by atoms with Crippen molar-refractivity contribution in [2.24, 2.45) is 0 Å². The molecule has 3 aromatic rings. The lowest BCUT2D eigenvalue weighted by Crippen LogP contribution is -1.93. The van der Waals surface area contributed by atoms with Gasteiger partial charge in [-0.15, -0.1) is 0 Å². The summed E-state index contributed by atoms with van der Waals surface area (Å²) < 4.78 is 6.77. The zero-order valence-corrected chi connectivity index (χ0v) is 8.98. The van der Waals surface area contributed by atoms with Crippen molar-refractivity contribution in [3.05, 3.63) is 41.9 Å². The fraction of sp³-hybridized carbons (Fsp3) is 0. The maximum atomic E-state index is 6.04. The minimum Gasteiger partial charge on any atom is -0.472 e. The number of hydrogen-bond donors (Lipinski definition) is 1. The summed E-state index contributed by atoms with van der Waals surface area (Å²) in [5.41, 5.74) is 8.18. The Hall–Kier alpha value is -1.94. The van der Waals surface area contributed by atoms with Gasteiger partial charge in [0.25, 0.3) is 0 Å². The fourth-order valence-corrected chi connectivity index (χ4v) is 1.87. The second-order valence-corrected chi connectivity index (χ2v) is 3.81. The molecule has 0 aliphatic carbocycles. The normalized spacial score (nSPS) is 11.1. The lowest BCUT2D eigenvalue weighted by atomic mass is 10.2. The van der Waals surface area contributed by atoms with Crippen LogP contribution >= 0.6 is 11.6 Å². The molecule has 5 heteroatoms. The number of nitrogens with zero attached hydrogens (tertiary/aromatic N) is 2. The van der Waals surface area contributed by atoms with Crippen LogP contribution in [0, 0.1) is 0 Å². The molecule has 2 N–H and O–H groups in total. The van der Waals surface area contributed by atoms with Crippen molar-refractivity contribution >= 4 is 23.1 Å². The van der Waals surface area contributed by atoms with E-state index < -0.39 is 0 Å². The molecule has 0 spiro atoms. The topological polar surface area (TPSA) is 56.5 Å². The number of halogens is 1. The highest BCUT2D eigenvalue weighted by Gasteiger charge is 2.13. The Kier molecular flexibility index (Phi) is 1.91. The molecule has 0 fully saturated rings. The first-order valence-electron chi connectivity index (χ1n) is 4.72. The monoisotopic (exact) mass is 233 g/mol. The van der Waals surface area contributed by atoms with Crippen molar-refractivity contribution in [2.45, 2.75) is 0 Å². The van der Waals surface area contributed by atoms with Crippen LogP contribution in [0.4, 0.5) is 5.82 Å². The third-order valence-electron chi connectivity index (χ3n) is 2.43. The number of aromatic nitrogens is 2. The van der Waals surface area contributed by atoms with E-state index in [4.69, 9.17) is 21.8 Å². The number of nitrogens with two attached hydrogens (primary N) is 1. The van der Waals surface area contributed by atoms with E-state index in [9.17, 15) is 0 Å². The van der Waals surface area contributed by atoms with Crippen LogP contribution in [0.2, 0.25) is 5.02 Å². The minimum atomic E-state index is 0.555. The van der Waals surface area contributed by atoms with Crippen molar-refractivity contribution in [1.82, 2.24) is 9.38 Å². The highest BCUT2D eigenvalue weighted by molar-refractivity contribution is 6.33. The molecule has 0 atom stereocenters. The van der Waals surface area contributed by atoms with Gasteiger partial charge >= 0.3 is 0 Å². The van der Waals surface area contributed by atoms with Gasteiger partial charge in [-0.2, -0.15) is 0 Å². The molecule has 0 amide bonds. The van der Waals surface area contributed by atoms with Crippen LogP contribution in [0.15, 0.2) is 41.3 Å². The number of hydrogen-bond acceptors (Lipinski definition) is 3. The minimum absolute atomic E-state index is 0.555. The molecule has 0 bridgehead atoms. The first-order chi connectivity index (χ1) is 7.77. The number of furan rings is 1. The van der Waals surface area contributed by atoms with Crippen LogP contribution in [-0.4, -0.2) is 9.38 Å². The molecule has 0 saturated heterocycles. The molecule has 4 nitrogen and oxygen atoms in total. The summed E-state index contributed by atoms with van der Waals surface area (Å²) in [6.45, 7) is 0. The van der Waals surface area contributed by atoms with E-state index in [2.05, 4.69) is 4.98 Å². The number of rotatable bonds is 1. The standard InChI is InChI=1S/C11H8ClN3O/c12-8-2-1-4-15-10(13)9(14-11(8)15)7-3-5-16-6-7/h1-6H,13H2. The number of anilines is 1. The molecule has 0 aromatic carbocycles. The van der Waals surface area contributed by atoms with E-state index in [1.54, 1.807) is 23.0 Å². The van der Waals surface area contributed by atoms with Gasteiger partial charge < -0.3 is 10.2 Å². The molecular formula is C11H8ClN3O. The van der Waals surface area contributed by atoms with Crippen LogP contribution < -0.4 is 5.73 Å². The van der Waals surface area contributed by atoms with Gasteiger partial charge in [-0.25, -0.2) is 4.98 Å². The Balaban J connectivity index is 2.36. The fourth-order valence-electron chi connectivity index (χ4n) is 1.66. The molecule has 0 radical (unpaired) electrons. The Morgan fingerprint density at radius 1 is 1.38 bits per heavy atom. The van der Waals surface area contributed by atoms with E-state index in [-0.39, 0.29) is 0 Å². The summed E-state index contributed by atoms with van der Waals surface area (Å²) in [5, 5.41) is 0.573. The average molecular weight is 234 g/mol. The van der Waals surface area contributed by atoms with Gasteiger partial charge in [0, 0.05) is 11.8 Å². The van der Waals surface area contributed by atoms with Crippen molar-refractivity contribution in [1.29, 1.82) is 0 Å². The van der Waals surface area contributed by atoms with E-state index >= 15 is 0 Å². The smallest absolute Gasteiger partial charge is 0.157 e. The van der Waals surface area contributed by atoms with Gasteiger partial charge in [-0.3, -0.25) is 4.40 Å². The summed E-state index contributed by atoms with van der Waals surface area (Å²) in [6, 6.07) is 5.42. The lowest BCUT2D eigenvalue weighted by molar-refractivity contribution is 0.568. The van der Waals surface area contributed by atoms with Crippen molar-refractivity contribution < 1.29 is 4.42 Å². The van der Waals surface area contributed by atoms with Crippen molar-refractivity contribution in [3.8, 4) is 11.3 Å². The maximum absolute atomic E-state index is 6.04. The van der Waals surface area contributed by atoms with Crippen LogP contribution in [0.1, 0.15) is 0 Å². The zero-order chi connectivity index (χ0) is 11.1. The molecule has 80 valence electrons. The largest absolute Gasteiger partial charge is 0.472 e. The van der Waals surface area contributed by atoms with Gasteiger partial charge in [0.1, 0.15) is 11.5 Å². The van der Waals surface area contributed by atoms with E-state index in [1.807, 2.05) is 18.3 Å². The summed E-state index contributed by atoms with van der Waals surface area (Å²) in [7, 11) is 0. The summed E-state index contributed by atoms with van der Waals surface area (Å²) in [4.78, 5) is 4.40. The highest BCUT2D eigenvalue weighted by Crippen LogP contribution is 2.29. The predicted molar refractivity (Wildman–Crippen MR) is 62.3 cm³/mol. The highest BCUT2D eigenvalue weighted by atomic mass is 35.5. The Bertz CT molecular complexity index is 643. The zero-order valence-electron chi connectivity index (χ0n) is 8.22. The van der Waals surface area contributed by atoms with Crippen LogP contribution in [0.5, 0.6) is 0 Å². The SMILES string of the molecule is Nc1c(-c2ccoc2)nc2c(Cl)cccn12. The third-order valence-corrected chi connectivity index (χ3v) is 2.73. The van der Waals surface area contributed by atoms with Gasteiger partial charge in [-0.05, 0) is 18.2 Å². The second-order valence-electron chi connectivity index (χ2n) is 3.41. The quantitative estimate of drug-likeness (QED) is 0.703. The molecule has 0 aliphatic heterocycles.